The normalized spacial score (nSPS) is 19.8. The lowest BCUT2D eigenvalue weighted by atomic mass is 9.87. The van der Waals surface area contributed by atoms with Crippen molar-refractivity contribution in [2.45, 2.75) is 52.6 Å². The van der Waals surface area contributed by atoms with Gasteiger partial charge in [0.25, 0.3) is 5.91 Å². The van der Waals surface area contributed by atoms with E-state index in [4.69, 9.17) is 0 Å². The van der Waals surface area contributed by atoms with E-state index >= 15 is 0 Å². The van der Waals surface area contributed by atoms with Crippen LogP contribution in [0.25, 0.3) is 10.9 Å². The Morgan fingerprint density at radius 2 is 1.95 bits per heavy atom. The lowest BCUT2D eigenvalue weighted by molar-refractivity contribution is -0.134. The number of aryl methyl sites for hydroxylation is 1. The zero-order valence-electron chi connectivity index (χ0n) is 22.0. The first kappa shape index (κ1) is 26.9. The molecule has 3 aromatic rings. The van der Waals surface area contributed by atoms with Crippen LogP contribution in [0.15, 0.2) is 48.5 Å². The highest BCUT2D eigenvalue weighted by Gasteiger charge is 2.49. The number of nitriles is 1. The smallest absolute Gasteiger partial charge is 0.268 e. The van der Waals surface area contributed by atoms with Crippen molar-refractivity contribution >= 4 is 34.3 Å². The predicted octanol–water partition coefficient (Wildman–Crippen LogP) is 4.53. The number of rotatable bonds is 7. The molecule has 1 aliphatic rings. The molecule has 198 valence electrons. The summed E-state index contributed by atoms with van der Waals surface area (Å²) in [5, 5.41) is 15.8. The number of likely N-dealkylation sites (tertiary alicyclic amines) is 1. The first-order valence-corrected chi connectivity index (χ1v) is 12.7. The molecule has 2 heterocycles. The lowest BCUT2D eigenvalue weighted by Gasteiger charge is -2.28. The van der Waals surface area contributed by atoms with Crippen LogP contribution in [0.3, 0.4) is 0 Å². The van der Waals surface area contributed by atoms with E-state index in [0.717, 1.165) is 5.56 Å². The molecule has 9 heteroatoms. The number of anilines is 1. The van der Waals surface area contributed by atoms with E-state index in [1.165, 1.54) is 17.0 Å². The Labute approximate surface area is 221 Å². The van der Waals surface area contributed by atoms with E-state index in [9.17, 15) is 24.0 Å². The number of carbonyl (C=O) groups is 3. The molecule has 0 radical (unpaired) electrons. The van der Waals surface area contributed by atoms with Gasteiger partial charge in [0.05, 0.1) is 11.5 Å². The molecule has 0 bridgehead atoms. The fourth-order valence-electron chi connectivity index (χ4n) is 4.97. The van der Waals surface area contributed by atoms with Crippen LogP contribution in [-0.2, 0) is 9.59 Å². The number of nitrogens with one attached hydrogen (secondary N) is 3. The van der Waals surface area contributed by atoms with E-state index in [0.29, 0.717) is 17.6 Å². The third-order valence-corrected chi connectivity index (χ3v) is 6.96. The summed E-state index contributed by atoms with van der Waals surface area (Å²) < 4.78 is 14.1. The van der Waals surface area contributed by atoms with Crippen molar-refractivity contribution in [3.8, 4) is 6.07 Å². The zero-order chi connectivity index (χ0) is 27.6. The Hall–Kier alpha value is -4.19. The van der Waals surface area contributed by atoms with Gasteiger partial charge >= 0.3 is 0 Å². The highest BCUT2D eigenvalue weighted by Crippen LogP contribution is 2.36. The molecule has 3 amide bonds. The summed E-state index contributed by atoms with van der Waals surface area (Å²) in [6.07, 6.45) is 0.510. The molecule has 1 fully saturated rings. The summed E-state index contributed by atoms with van der Waals surface area (Å²) in [7, 11) is 0. The van der Waals surface area contributed by atoms with Crippen LogP contribution < -0.4 is 10.6 Å². The van der Waals surface area contributed by atoms with Crippen molar-refractivity contribution in [1.82, 2.24) is 15.2 Å². The standard InChI is InChI=1S/C29H32FN5O3/c1-17(2)11-25(34-26(36)24-13-21-22(30)9-6-10-23(21)33-24)27(37)35-16-29(4,14-20(35)15-31)28(38)32-19-8-5-7-18(3)12-19/h5-10,12-13,17,20,25,33H,11,14,16H2,1-4H3,(H,32,38)(H,34,36). The van der Waals surface area contributed by atoms with Crippen molar-refractivity contribution in [3.63, 3.8) is 0 Å². The Bertz CT molecular complexity index is 1430. The fraction of sp³-hybridized carbons (Fsp3) is 0.379. The molecule has 2 aromatic carbocycles. The van der Waals surface area contributed by atoms with Gasteiger partial charge in [-0.3, -0.25) is 14.4 Å². The number of amides is 3. The second kappa shape index (κ2) is 10.7. The van der Waals surface area contributed by atoms with Crippen LogP contribution in [-0.4, -0.2) is 46.2 Å². The van der Waals surface area contributed by atoms with E-state index in [1.807, 2.05) is 39.0 Å². The molecule has 3 atom stereocenters. The zero-order valence-corrected chi connectivity index (χ0v) is 22.0. The van der Waals surface area contributed by atoms with Crippen molar-refractivity contribution in [3.05, 3.63) is 65.6 Å². The second-order valence-electron chi connectivity index (χ2n) is 10.7. The number of hydrogen-bond acceptors (Lipinski definition) is 4. The largest absolute Gasteiger partial charge is 0.350 e. The van der Waals surface area contributed by atoms with Gasteiger partial charge < -0.3 is 20.5 Å². The van der Waals surface area contributed by atoms with E-state index in [1.54, 1.807) is 25.1 Å². The Morgan fingerprint density at radius 1 is 1.21 bits per heavy atom. The van der Waals surface area contributed by atoms with Crippen LogP contribution in [0.4, 0.5) is 10.1 Å². The number of fused-ring (bicyclic) bond motifs is 1. The SMILES string of the molecule is Cc1cccc(NC(=O)C2(C)CC(C#N)N(C(=O)C(CC(C)C)NC(=O)c3cc4c(F)cccc4[nH]3)C2)c1. The van der Waals surface area contributed by atoms with Gasteiger partial charge in [-0.15, -0.1) is 0 Å². The topological polar surface area (TPSA) is 118 Å². The Balaban J connectivity index is 1.53. The number of H-pyrrole nitrogens is 1. The predicted molar refractivity (Wildman–Crippen MR) is 143 cm³/mol. The van der Waals surface area contributed by atoms with Gasteiger partial charge in [-0.05, 0) is 68.5 Å². The van der Waals surface area contributed by atoms with E-state index in [-0.39, 0.29) is 35.9 Å². The molecule has 38 heavy (non-hydrogen) atoms. The van der Waals surface area contributed by atoms with Crippen molar-refractivity contribution in [2.24, 2.45) is 11.3 Å². The first-order valence-electron chi connectivity index (χ1n) is 12.7. The van der Waals surface area contributed by atoms with Crippen molar-refractivity contribution in [2.75, 3.05) is 11.9 Å². The molecule has 8 nitrogen and oxygen atoms in total. The van der Waals surface area contributed by atoms with Gasteiger partial charge in [-0.1, -0.05) is 32.0 Å². The van der Waals surface area contributed by atoms with Crippen molar-refractivity contribution in [1.29, 1.82) is 5.26 Å². The van der Waals surface area contributed by atoms with E-state index < -0.39 is 35.1 Å². The average Bonchev–Trinajstić information content (AvgIpc) is 3.46. The molecule has 4 rings (SSSR count). The molecule has 0 spiro atoms. The number of halogens is 1. The minimum atomic E-state index is -0.985. The number of hydrogen-bond donors (Lipinski definition) is 3. The maximum atomic E-state index is 14.1. The molecule has 3 unspecified atom stereocenters. The maximum absolute atomic E-state index is 14.1. The summed E-state index contributed by atoms with van der Waals surface area (Å²) in [6, 6.07) is 13.8. The molecule has 0 saturated carbocycles. The number of nitrogens with zero attached hydrogens (tertiary/aromatic N) is 2. The highest BCUT2D eigenvalue weighted by atomic mass is 19.1. The van der Waals surface area contributed by atoms with Gasteiger partial charge in [0.15, 0.2) is 0 Å². The van der Waals surface area contributed by atoms with Gasteiger partial charge in [0.2, 0.25) is 11.8 Å². The highest BCUT2D eigenvalue weighted by molar-refractivity contribution is 6.01. The third-order valence-electron chi connectivity index (χ3n) is 6.96. The van der Waals surface area contributed by atoms with Crippen LogP contribution in [0.1, 0.15) is 49.7 Å². The van der Waals surface area contributed by atoms with Crippen LogP contribution >= 0.6 is 0 Å². The fourth-order valence-corrected chi connectivity index (χ4v) is 4.97. The maximum Gasteiger partial charge on any atom is 0.268 e. The molecular weight excluding hydrogens is 485 g/mol. The summed E-state index contributed by atoms with van der Waals surface area (Å²) in [4.78, 5) is 44.3. The summed E-state index contributed by atoms with van der Waals surface area (Å²) >= 11 is 0. The third kappa shape index (κ3) is 5.54. The van der Waals surface area contributed by atoms with Crippen LogP contribution in [0, 0.1) is 35.4 Å². The molecule has 1 aromatic heterocycles. The van der Waals surface area contributed by atoms with Gasteiger partial charge in [0, 0.05) is 23.1 Å². The quantitative estimate of drug-likeness (QED) is 0.427. The Morgan fingerprint density at radius 3 is 2.61 bits per heavy atom. The van der Waals surface area contributed by atoms with Crippen LogP contribution in [0.2, 0.25) is 0 Å². The molecule has 1 aliphatic heterocycles. The number of aromatic amines is 1. The van der Waals surface area contributed by atoms with Gasteiger partial charge in [-0.25, -0.2) is 4.39 Å². The molecule has 1 saturated heterocycles. The van der Waals surface area contributed by atoms with E-state index in [2.05, 4.69) is 21.7 Å². The molecule has 3 N–H and O–H groups in total. The Kier molecular flexibility index (Phi) is 7.53. The van der Waals surface area contributed by atoms with Gasteiger partial charge in [-0.2, -0.15) is 5.26 Å². The summed E-state index contributed by atoms with van der Waals surface area (Å²) in [6.45, 7) is 7.56. The monoisotopic (exact) mass is 517 g/mol. The number of carbonyl (C=O) groups excluding carboxylic acids is 3. The van der Waals surface area contributed by atoms with Gasteiger partial charge in [0.1, 0.15) is 23.6 Å². The molecule has 0 aliphatic carbocycles. The minimum Gasteiger partial charge on any atom is -0.350 e. The number of benzene rings is 2. The average molecular weight is 518 g/mol. The lowest BCUT2D eigenvalue weighted by Crippen LogP contribution is -2.51. The molecular formula is C29H32FN5O3. The minimum absolute atomic E-state index is 0.0454. The summed E-state index contributed by atoms with van der Waals surface area (Å²) in [5.41, 5.74) is 1.26. The second-order valence-corrected chi connectivity index (χ2v) is 10.7. The number of aromatic nitrogens is 1. The van der Waals surface area contributed by atoms with Crippen molar-refractivity contribution < 1.29 is 18.8 Å². The summed E-state index contributed by atoms with van der Waals surface area (Å²) in [5.74, 6) is -1.64. The first-order chi connectivity index (χ1) is 18.0. The van der Waals surface area contributed by atoms with Crippen LogP contribution in [0.5, 0.6) is 0 Å².